The van der Waals surface area contributed by atoms with E-state index in [0.29, 0.717) is 0 Å². The number of hydrogen-bond donors (Lipinski definition) is 1. The van der Waals surface area contributed by atoms with Crippen LogP contribution in [0.25, 0.3) is 0 Å². The van der Waals surface area contributed by atoms with Crippen molar-refractivity contribution in [3.05, 3.63) is 49.9 Å². The van der Waals surface area contributed by atoms with Gasteiger partial charge in [0.2, 0.25) is 0 Å². The van der Waals surface area contributed by atoms with Crippen LogP contribution in [0.15, 0.2) is 24.3 Å². The highest BCUT2D eigenvalue weighted by Gasteiger charge is 2.11. The summed E-state index contributed by atoms with van der Waals surface area (Å²) in [6.45, 7) is 5.05. The molecule has 0 saturated carbocycles. The molecular formula is C15H17ClIN3. The maximum Gasteiger partial charge on any atom is 0.143 e. The summed E-state index contributed by atoms with van der Waals surface area (Å²) in [5.74, 6) is 1.78. The van der Waals surface area contributed by atoms with Crippen molar-refractivity contribution in [3.8, 4) is 0 Å². The molecule has 0 unspecified atom stereocenters. The molecule has 0 bridgehead atoms. The minimum Gasteiger partial charge on any atom is -0.369 e. The lowest BCUT2D eigenvalue weighted by Gasteiger charge is -2.11. The van der Waals surface area contributed by atoms with E-state index in [1.165, 1.54) is 5.56 Å². The number of rotatable bonds is 5. The summed E-state index contributed by atoms with van der Waals surface area (Å²) in [5, 5.41) is 4.06. The van der Waals surface area contributed by atoms with Crippen LogP contribution in [0.4, 0.5) is 5.82 Å². The third-order valence-electron chi connectivity index (χ3n) is 2.92. The zero-order chi connectivity index (χ0) is 14.5. The van der Waals surface area contributed by atoms with Gasteiger partial charge in [0.25, 0.3) is 0 Å². The number of hydrogen-bond acceptors (Lipinski definition) is 3. The topological polar surface area (TPSA) is 37.8 Å². The van der Waals surface area contributed by atoms with Crippen molar-refractivity contribution >= 4 is 40.0 Å². The molecule has 0 aliphatic rings. The average molecular weight is 402 g/mol. The average Bonchev–Trinajstić information content (AvgIpc) is 2.45. The van der Waals surface area contributed by atoms with Crippen molar-refractivity contribution in [3.63, 3.8) is 0 Å². The molecule has 0 atom stereocenters. The predicted molar refractivity (Wildman–Crippen MR) is 92.5 cm³/mol. The number of anilines is 1. The van der Waals surface area contributed by atoms with Crippen LogP contribution in [-0.4, -0.2) is 16.5 Å². The Balaban J connectivity index is 2.31. The van der Waals surface area contributed by atoms with Gasteiger partial charge in [-0.15, -0.1) is 0 Å². The van der Waals surface area contributed by atoms with Crippen molar-refractivity contribution in [1.29, 1.82) is 0 Å². The number of benzene rings is 1. The van der Waals surface area contributed by atoms with E-state index < -0.39 is 0 Å². The molecule has 1 N–H and O–H groups in total. The third kappa shape index (κ3) is 3.82. The van der Waals surface area contributed by atoms with Gasteiger partial charge in [0, 0.05) is 18.0 Å². The van der Waals surface area contributed by atoms with Crippen LogP contribution in [0.2, 0.25) is 5.02 Å². The second kappa shape index (κ2) is 7.22. The van der Waals surface area contributed by atoms with Crippen molar-refractivity contribution < 1.29 is 0 Å². The van der Waals surface area contributed by atoms with Gasteiger partial charge in [0.1, 0.15) is 11.6 Å². The van der Waals surface area contributed by atoms with Crippen LogP contribution in [0.5, 0.6) is 0 Å². The molecule has 0 amide bonds. The fourth-order valence-corrected chi connectivity index (χ4v) is 2.87. The minimum atomic E-state index is 0.722. The highest BCUT2D eigenvalue weighted by molar-refractivity contribution is 14.1. The highest BCUT2D eigenvalue weighted by atomic mass is 127. The van der Waals surface area contributed by atoms with Crippen LogP contribution in [0, 0.1) is 3.57 Å². The van der Waals surface area contributed by atoms with E-state index in [9.17, 15) is 0 Å². The summed E-state index contributed by atoms with van der Waals surface area (Å²) in [5.41, 5.74) is 2.26. The predicted octanol–water partition coefficient (Wildman–Crippen LogP) is 4.32. The standard InChI is InChI=1S/C15H17ClIN3/c1-3-12-14(17)15(18-4-2)20-13(19-12)9-10-5-7-11(16)8-6-10/h5-8H,3-4,9H2,1-2H3,(H,18,19,20). The van der Waals surface area contributed by atoms with Gasteiger partial charge in [0.05, 0.1) is 9.26 Å². The lowest BCUT2D eigenvalue weighted by atomic mass is 10.1. The maximum absolute atomic E-state index is 5.91. The molecule has 0 fully saturated rings. The quantitative estimate of drug-likeness (QED) is 0.758. The number of halogens is 2. The summed E-state index contributed by atoms with van der Waals surface area (Å²) in [4.78, 5) is 9.29. The lowest BCUT2D eigenvalue weighted by molar-refractivity contribution is 0.893. The number of aromatic nitrogens is 2. The molecule has 0 spiro atoms. The summed E-state index contributed by atoms with van der Waals surface area (Å²) in [7, 11) is 0. The van der Waals surface area contributed by atoms with Gasteiger partial charge in [-0.05, 0) is 53.6 Å². The Labute approximate surface area is 138 Å². The van der Waals surface area contributed by atoms with Gasteiger partial charge >= 0.3 is 0 Å². The second-order valence-corrected chi connectivity index (χ2v) is 5.95. The maximum atomic E-state index is 5.91. The molecule has 0 aliphatic heterocycles. The van der Waals surface area contributed by atoms with Gasteiger partial charge in [-0.3, -0.25) is 0 Å². The molecule has 1 aromatic carbocycles. The first-order chi connectivity index (χ1) is 9.63. The fourth-order valence-electron chi connectivity index (χ4n) is 1.93. The SMILES string of the molecule is CCNc1nc(Cc2ccc(Cl)cc2)nc(CC)c1I. The molecule has 2 rings (SSSR count). The first-order valence-electron chi connectivity index (χ1n) is 6.67. The van der Waals surface area contributed by atoms with Gasteiger partial charge in [0.15, 0.2) is 0 Å². The van der Waals surface area contributed by atoms with Gasteiger partial charge in [-0.25, -0.2) is 9.97 Å². The summed E-state index contributed by atoms with van der Waals surface area (Å²) < 4.78 is 1.12. The summed E-state index contributed by atoms with van der Waals surface area (Å²) in [6.07, 6.45) is 1.63. The first-order valence-corrected chi connectivity index (χ1v) is 8.13. The van der Waals surface area contributed by atoms with E-state index in [2.05, 4.69) is 51.7 Å². The fraction of sp³-hybridized carbons (Fsp3) is 0.333. The molecule has 1 heterocycles. The second-order valence-electron chi connectivity index (χ2n) is 4.44. The van der Waals surface area contributed by atoms with Crippen molar-refractivity contribution in [2.45, 2.75) is 26.7 Å². The molecule has 0 aliphatic carbocycles. The van der Waals surface area contributed by atoms with Crippen LogP contribution in [0.1, 0.15) is 30.9 Å². The Morgan fingerprint density at radius 2 is 1.85 bits per heavy atom. The van der Waals surface area contributed by atoms with Crippen molar-refractivity contribution in [1.82, 2.24) is 9.97 Å². The van der Waals surface area contributed by atoms with Crippen molar-refractivity contribution in [2.75, 3.05) is 11.9 Å². The molecule has 1 aromatic heterocycles. The Morgan fingerprint density at radius 3 is 2.45 bits per heavy atom. The van der Waals surface area contributed by atoms with Crippen LogP contribution in [-0.2, 0) is 12.8 Å². The van der Waals surface area contributed by atoms with E-state index >= 15 is 0 Å². The minimum absolute atomic E-state index is 0.722. The summed E-state index contributed by atoms with van der Waals surface area (Å²) >= 11 is 8.22. The molecule has 0 saturated heterocycles. The Morgan fingerprint density at radius 1 is 1.15 bits per heavy atom. The van der Waals surface area contributed by atoms with E-state index in [4.69, 9.17) is 11.6 Å². The molecule has 106 valence electrons. The van der Waals surface area contributed by atoms with Crippen molar-refractivity contribution in [2.24, 2.45) is 0 Å². The zero-order valence-corrected chi connectivity index (χ0v) is 14.5. The molecule has 2 aromatic rings. The zero-order valence-electron chi connectivity index (χ0n) is 11.6. The molecular weight excluding hydrogens is 385 g/mol. The van der Waals surface area contributed by atoms with Gasteiger partial charge in [-0.2, -0.15) is 0 Å². The number of nitrogens with zero attached hydrogens (tertiary/aromatic N) is 2. The molecule has 3 nitrogen and oxygen atoms in total. The lowest BCUT2D eigenvalue weighted by Crippen LogP contribution is -2.09. The van der Waals surface area contributed by atoms with Gasteiger partial charge in [-0.1, -0.05) is 30.7 Å². The van der Waals surface area contributed by atoms with Gasteiger partial charge < -0.3 is 5.32 Å². The van der Waals surface area contributed by atoms with Crippen LogP contribution in [0.3, 0.4) is 0 Å². The van der Waals surface area contributed by atoms with Crippen LogP contribution < -0.4 is 5.32 Å². The highest BCUT2D eigenvalue weighted by Crippen LogP contribution is 2.21. The van der Waals surface area contributed by atoms with E-state index in [1.807, 2.05) is 24.3 Å². The molecule has 20 heavy (non-hydrogen) atoms. The first kappa shape index (κ1) is 15.5. The summed E-state index contributed by atoms with van der Waals surface area (Å²) in [6, 6.07) is 7.83. The largest absolute Gasteiger partial charge is 0.369 e. The van der Waals surface area contributed by atoms with Crippen LogP contribution >= 0.6 is 34.2 Å². The Hall–Kier alpha value is -0.880. The monoisotopic (exact) mass is 401 g/mol. The molecule has 5 heteroatoms. The number of nitrogens with one attached hydrogen (secondary N) is 1. The Kier molecular flexibility index (Phi) is 5.60. The molecule has 0 radical (unpaired) electrons. The number of aryl methyl sites for hydroxylation is 1. The smallest absolute Gasteiger partial charge is 0.143 e. The van der Waals surface area contributed by atoms with E-state index in [1.54, 1.807) is 0 Å². The van der Waals surface area contributed by atoms with E-state index in [-0.39, 0.29) is 0 Å². The Bertz CT molecular complexity index is 584. The third-order valence-corrected chi connectivity index (χ3v) is 4.31. The normalized spacial score (nSPS) is 10.6. The van der Waals surface area contributed by atoms with E-state index in [0.717, 1.165) is 45.3 Å².